The first-order chi connectivity index (χ1) is 9.88. The summed E-state index contributed by atoms with van der Waals surface area (Å²) >= 11 is 0. The van der Waals surface area contributed by atoms with Crippen LogP contribution in [0.1, 0.15) is 44.8 Å². The lowest BCUT2D eigenvalue weighted by molar-refractivity contribution is -0.130. The summed E-state index contributed by atoms with van der Waals surface area (Å²) in [6.45, 7) is 4.00. The third-order valence-electron chi connectivity index (χ3n) is 2.90. The van der Waals surface area contributed by atoms with Crippen molar-refractivity contribution in [3.8, 4) is 0 Å². The van der Waals surface area contributed by atoms with Crippen molar-refractivity contribution in [2.75, 3.05) is 0 Å². The summed E-state index contributed by atoms with van der Waals surface area (Å²) in [6, 6.07) is 5.41. The lowest BCUT2D eigenvalue weighted by atomic mass is 10.1. The number of rotatable bonds is 6. The molecule has 0 heterocycles. The number of aliphatic hydroxyl groups is 1. The van der Waals surface area contributed by atoms with Crippen molar-refractivity contribution in [3.05, 3.63) is 35.6 Å². The zero-order valence-corrected chi connectivity index (χ0v) is 12.2. The van der Waals surface area contributed by atoms with Gasteiger partial charge in [0.05, 0.1) is 12.5 Å². The third-order valence-corrected chi connectivity index (χ3v) is 2.90. The Balaban J connectivity index is 2.35. The maximum absolute atomic E-state index is 13.0. The van der Waals surface area contributed by atoms with Crippen molar-refractivity contribution in [2.45, 2.75) is 39.2 Å². The van der Waals surface area contributed by atoms with E-state index in [1.165, 1.54) is 24.3 Å². The van der Waals surface area contributed by atoms with Crippen LogP contribution >= 0.6 is 0 Å². The molecule has 6 heteroatoms. The maximum atomic E-state index is 13.0. The molecule has 0 aliphatic carbocycles. The van der Waals surface area contributed by atoms with Crippen LogP contribution in [0.5, 0.6) is 0 Å². The summed E-state index contributed by atoms with van der Waals surface area (Å²) in [6.07, 6.45) is -0.320. The van der Waals surface area contributed by atoms with Crippen LogP contribution in [0.25, 0.3) is 0 Å². The Morgan fingerprint density at radius 2 is 1.90 bits per heavy atom. The Hall–Kier alpha value is -1.95. The average Bonchev–Trinajstić information content (AvgIpc) is 2.42. The number of hydrogen-bond donors (Lipinski definition) is 3. The number of carbonyl (C=O) groups is 2. The highest BCUT2D eigenvalue weighted by Crippen LogP contribution is 2.17. The topological polar surface area (TPSA) is 78.4 Å². The molecule has 0 bridgehead atoms. The van der Waals surface area contributed by atoms with Gasteiger partial charge in [0.1, 0.15) is 5.82 Å². The Kier molecular flexibility index (Phi) is 6.81. The first-order valence-electron chi connectivity index (χ1n) is 6.89. The number of carbonyl (C=O) groups excluding carboxylic acids is 2. The SMILES string of the molecule is CC(C)CCC(=O)NNC(=O)CC(O)c1cccc(F)c1. The standard InChI is InChI=1S/C15H21FN2O3/c1-10(2)6-7-14(20)17-18-15(21)9-13(19)11-4-3-5-12(16)8-11/h3-5,8,10,13,19H,6-7,9H2,1-2H3,(H,17,20)(H,18,21). The molecule has 3 N–H and O–H groups in total. The van der Waals surface area contributed by atoms with Crippen molar-refractivity contribution >= 4 is 11.8 Å². The second-order valence-electron chi connectivity index (χ2n) is 5.30. The summed E-state index contributed by atoms with van der Waals surface area (Å²) in [5.74, 6) is -0.892. The molecule has 1 aromatic rings. The molecule has 1 unspecified atom stereocenters. The number of benzene rings is 1. The van der Waals surface area contributed by atoms with Gasteiger partial charge in [0.15, 0.2) is 0 Å². The van der Waals surface area contributed by atoms with Gasteiger partial charge in [0, 0.05) is 6.42 Å². The third kappa shape index (κ3) is 6.85. The van der Waals surface area contributed by atoms with E-state index in [1.807, 2.05) is 13.8 Å². The summed E-state index contributed by atoms with van der Waals surface area (Å²) in [5, 5.41) is 9.82. The van der Waals surface area contributed by atoms with Gasteiger partial charge in [-0.3, -0.25) is 20.4 Å². The quantitative estimate of drug-likeness (QED) is 0.701. The minimum Gasteiger partial charge on any atom is -0.388 e. The Bertz CT molecular complexity index is 492. The molecule has 0 aliphatic heterocycles. The molecule has 0 aliphatic rings. The number of hydrazine groups is 1. The predicted octanol–water partition coefficient (Wildman–Crippen LogP) is 1.83. The first-order valence-corrected chi connectivity index (χ1v) is 6.89. The zero-order valence-electron chi connectivity index (χ0n) is 12.2. The highest BCUT2D eigenvalue weighted by Gasteiger charge is 2.14. The Labute approximate surface area is 123 Å². The first kappa shape index (κ1) is 17.1. The number of amides is 2. The molecule has 5 nitrogen and oxygen atoms in total. The van der Waals surface area contributed by atoms with Crippen LogP contribution < -0.4 is 10.9 Å². The van der Waals surface area contributed by atoms with E-state index >= 15 is 0 Å². The zero-order chi connectivity index (χ0) is 15.8. The molecule has 0 fully saturated rings. The van der Waals surface area contributed by atoms with Crippen LogP contribution in [0, 0.1) is 11.7 Å². The fraction of sp³-hybridized carbons (Fsp3) is 0.467. The van der Waals surface area contributed by atoms with Gasteiger partial charge in [0.2, 0.25) is 11.8 Å². The maximum Gasteiger partial charge on any atom is 0.241 e. The molecule has 0 radical (unpaired) electrons. The van der Waals surface area contributed by atoms with Gasteiger partial charge in [0.25, 0.3) is 0 Å². The normalized spacial score (nSPS) is 12.0. The van der Waals surface area contributed by atoms with E-state index in [9.17, 15) is 19.1 Å². The summed E-state index contributed by atoms with van der Waals surface area (Å²) < 4.78 is 13.0. The number of halogens is 1. The van der Waals surface area contributed by atoms with Crippen LogP contribution in [0.4, 0.5) is 4.39 Å². The van der Waals surface area contributed by atoms with Crippen molar-refractivity contribution < 1.29 is 19.1 Å². The number of nitrogens with one attached hydrogen (secondary N) is 2. The van der Waals surface area contributed by atoms with Crippen molar-refractivity contribution in [1.29, 1.82) is 0 Å². The largest absolute Gasteiger partial charge is 0.388 e. The molecule has 0 spiro atoms. The highest BCUT2D eigenvalue weighted by atomic mass is 19.1. The highest BCUT2D eigenvalue weighted by molar-refractivity contribution is 5.82. The van der Waals surface area contributed by atoms with E-state index < -0.39 is 17.8 Å². The molecule has 116 valence electrons. The van der Waals surface area contributed by atoms with Gasteiger partial charge in [-0.15, -0.1) is 0 Å². The molecule has 0 aromatic heterocycles. The van der Waals surface area contributed by atoms with Crippen molar-refractivity contribution in [2.24, 2.45) is 5.92 Å². The van der Waals surface area contributed by atoms with E-state index in [4.69, 9.17) is 0 Å². The number of aliphatic hydroxyl groups excluding tert-OH is 1. The second kappa shape index (κ2) is 8.36. The van der Waals surface area contributed by atoms with Gasteiger partial charge >= 0.3 is 0 Å². The van der Waals surface area contributed by atoms with Crippen LogP contribution in [-0.4, -0.2) is 16.9 Å². The summed E-state index contributed by atoms with van der Waals surface area (Å²) in [4.78, 5) is 23.0. The predicted molar refractivity (Wildman–Crippen MR) is 76.3 cm³/mol. The monoisotopic (exact) mass is 296 g/mol. The molecule has 1 aromatic carbocycles. The van der Waals surface area contributed by atoms with E-state index in [2.05, 4.69) is 10.9 Å². The molecule has 1 atom stereocenters. The fourth-order valence-electron chi connectivity index (χ4n) is 1.68. The fourth-order valence-corrected chi connectivity index (χ4v) is 1.68. The molecule has 0 saturated heterocycles. The van der Waals surface area contributed by atoms with E-state index in [0.717, 1.165) is 6.42 Å². The van der Waals surface area contributed by atoms with E-state index in [1.54, 1.807) is 0 Å². The molecule has 21 heavy (non-hydrogen) atoms. The minimum absolute atomic E-state index is 0.256. The smallest absolute Gasteiger partial charge is 0.241 e. The lowest BCUT2D eigenvalue weighted by Gasteiger charge is -2.12. The molecule has 2 amide bonds. The van der Waals surface area contributed by atoms with E-state index in [0.29, 0.717) is 17.9 Å². The van der Waals surface area contributed by atoms with Gasteiger partial charge in [-0.05, 0) is 30.0 Å². The van der Waals surface area contributed by atoms with Crippen LogP contribution in [0.15, 0.2) is 24.3 Å². The molecular weight excluding hydrogens is 275 g/mol. The van der Waals surface area contributed by atoms with Gasteiger partial charge < -0.3 is 5.11 Å². The van der Waals surface area contributed by atoms with E-state index in [-0.39, 0.29) is 12.3 Å². The van der Waals surface area contributed by atoms with Crippen LogP contribution in [-0.2, 0) is 9.59 Å². The van der Waals surface area contributed by atoms with Crippen LogP contribution in [0.3, 0.4) is 0 Å². The molecule has 0 saturated carbocycles. The number of hydrogen-bond acceptors (Lipinski definition) is 3. The second-order valence-corrected chi connectivity index (χ2v) is 5.30. The van der Waals surface area contributed by atoms with Crippen molar-refractivity contribution in [1.82, 2.24) is 10.9 Å². The molecule has 1 rings (SSSR count). The Morgan fingerprint density at radius 3 is 2.52 bits per heavy atom. The lowest BCUT2D eigenvalue weighted by Crippen LogP contribution is -2.42. The summed E-state index contributed by atoms with van der Waals surface area (Å²) in [7, 11) is 0. The summed E-state index contributed by atoms with van der Waals surface area (Å²) in [5.41, 5.74) is 4.83. The van der Waals surface area contributed by atoms with Gasteiger partial charge in [-0.2, -0.15) is 0 Å². The van der Waals surface area contributed by atoms with Gasteiger partial charge in [-0.1, -0.05) is 26.0 Å². The van der Waals surface area contributed by atoms with Crippen LogP contribution in [0.2, 0.25) is 0 Å². The average molecular weight is 296 g/mol. The Morgan fingerprint density at radius 1 is 1.24 bits per heavy atom. The minimum atomic E-state index is -1.12. The molecular formula is C15H21FN2O3. The van der Waals surface area contributed by atoms with Gasteiger partial charge in [-0.25, -0.2) is 4.39 Å². The van der Waals surface area contributed by atoms with Crippen molar-refractivity contribution in [3.63, 3.8) is 0 Å².